The first-order chi connectivity index (χ1) is 13.4. The zero-order valence-electron chi connectivity index (χ0n) is 16.6. The van der Waals surface area contributed by atoms with Crippen molar-refractivity contribution >= 4 is 29.4 Å². The molecule has 1 saturated heterocycles. The molecule has 3 heterocycles. The second kappa shape index (κ2) is 7.62. The second-order valence-corrected chi connectivity index (χ2v) is 9.11. The molecule has 1 fully saturated rings. The van der Waals surface area contributed by atoms with Crippen molar-refractivity contribution in [2.75, 3.05) is 18.4 Å². The number of nitrogens with one attached hydrogen (secondary N) is 1. The lowest BCUT2D eigenvalue weighted by Crippen LogP contribution is -2.47. The summed E-state index contributed by atoms with van der Waals surface area (Å²) in [4.78, 5) is 27.3. The predicted molar refractivity (Wildman–Crippen MR) is 111 cm³/mol. The Bertz CT molecular complexity index is 896. The van der Waals surface area contributed by atoms with Gasteiger partial charge in [-0.2, -0.15) is 16.9 Å². The van der Waals surface area contributed by atoms with Crippen molar-refractivity contribution in [1.82, 2.24) is 14.7 Å². The van der Waals surface area contributed by atoms with Crippen LogP contribution in [0.4, 0.5) is 5.82 Å². The number of hydrogen-bond donors (Lipinski definition) is 1. The number of thioether (sulfide) groups is 1. The molecule has 0 bridgehead atoms. The van der Waals surface area contributed by atoms with E-state index < -0.39 is 11.8 Å². The largest absolute Gasteiger partial charge is 0.334 e. The Hall–Kier alpha value is -2.28. The lowest BCUT2D eigenvalue weighted by atomic mass is 9.92. The molecule has 6 nitrogen and oxygen atoms in total. The van der Waals surface area contributed by atoms with Gasteiger partial charge < -0.3 is 10.2 Å². The fourth-order valence-corrected chi connectivity index (χ4v) is 5.18. The van der Waals surface area contributed by atoms with E-state index in [1.807, 2.05) is 31.2 Å². The summed E-state index contributed by atoms with van der Waals surface area (Å²) < 4.78 is 1.76. The van der Waals surface area contributed by atoms with Gasteiger partial charge in [0.2, 0.25) is 0 Å². The first-order valence-electron chi connectivity index (χ1n) is 9.78. The van der Waals surface area contributed by atoms with Crippen molar-refractivity contribution < 1.29 is 9.59 Å². The van der Waals surface area contributed by atoms with Crippen molar-refractivity contribution in [3.8, 4) is 5.69 Å². The van der Waals surface area contributed by atoms with Crippen LogP contribution in [-0.4, -0.2) is 39.6 Å². The van der Waals surface area contributed by atoms with Crippen molar-refractivity contribution in [2.24, 2.45) is 11.8 Å². The summed E-state index contributed by atoms with van der Waals surface area (Å²) in [6.07, 6.45) is 1.09. The van der Waals surface area contributed by atoms with Crippen molar-refractivity contribution in [2.45, 2.75) is 38.7 Å². The first kappa shape index (κ1) is 19.1. The summed E-state index contributed by atoms with van der Waals surface area (Å²) in [5.74, 6) is 2.05. The predicted octanol–water partition coefficient (Wildman–Crippen LogP) is 3.37. The monoisotopic (exact) mass is 398 g/mol. The highest BCUT2D eigenvalue weighted by molar-refractivity contribution is 7.98. The summed E-state index contributed by atoms with van der Waals surface area (Å²) in [6.45, 7) is 7.57. The molecule has 1 N–H and O–H groups in total. The maximum Gasteiger partial charge on any atom is 0.315 e. The molecule has 28 heavy (non-hydrogen) atoms. The van der Waals surface area contributed by atoms with E-state index in [0.717, 1.165) is 40.4 Å². The molecular weight excluding hydrogens is 372 g/mol. The number of hydrogen-bond acceptors (Lipinski definition) is 4. The van der Waals surface area contributed by atoms with Gasteiger partial charge in [-0.25, -0.2) is 4.68 Å². The van der Waals surface area contributed by atoms with E-state index in [1.54, 1.807) is 21.3 Å². The van der Waals surface area contributed by atoms with Gasteiger partial charge >= 0.3 is 11.8 Å². The molecule has 0 saturated carbocycles. The van der Waals surface area contributed by atoms with E-state index in [0.29, 0.717) is 30.7 Å². The summed E-state index contributed by atoms with van der Waals surface area (Å²) >= 11 is 1.77. The molecule has 2 aromatic rings. The standard InChI is InChI=1S/C21H26N4O2S/c1-13-4-6-16(7-5-13)25-19(17-11-28-12-18(17)23-25)22-20(26)21(27)24-9-14(2)8-15(3)10-24/h4-7,14-15H,8-12H2,1-3H3,(H,22,26)/t14-,15+. The molecule has 4 rings (SSSR count). The Morgan fingerprint density at radius 1 is 1.11 bits per heavy atom. The molecule has 2 aliphatic heterocycles. The third-order valence-electron chi connectivity index (χ3n) is 5.41. The number of piperidine rings is 1. The maximum absolute atomic E-state index is 12.8. The molecule has 148 valence electrons. The minimum absolute atomic E-state index is 0.416. The van der Waals surface area contributed by atoms with Crippen LogP contribution in [0, 0.1) is 18.8 Å². The first-order valence-corrected chi connectivity index (χ1v) is 10.9. The fourth-order valence-electron chi connectivity index (χ4n) is 4.15. The average Bonchev–Trinajstić information content (AvgIpc) is 3.23. The van der Waals surface area contributed by atoms with Crippen LogP contribution in [0.2, 0.25) is 0 Å². The number of benzene rings is 1. The number of fused-ring (bicyclic) bond motifs is 1. The third-order valence-corrected chi connectivity index (χ3v) is 6.38. The Kier molecular flexibility index (Phi) is 5.19. The number of carbonyl (C=O) groups is 2. The molecule has 2 amide bonds. The second-order valence-electron chi connectivity index (χ2n) is 8.12. The third kappa shape index (κ3) is 3.68. The molecular formula is C21H26N4O2S. The van der Waals surface area contributed by atoms with Gasteiger partial charge in [0.25, 0.3) is 0 Å². The zero-order valence-corrected chi connectivity index (χ0v) is 17.4. The number of likely N-dealkylation sites (tertiary alicyclic amines) is 1. The molecule has 2 atom stereocenters. The van der Waals surface area contributed by atoms with Crippen LogP contribution < -0.4 is 5.32 Å². The quantitative estimate of drug-likeness (QED) is 0.788. The fraction of sp³-hybridized carbons (Fsp3) is 0.476. The number of carbonyl (C=O) groups excluding carboxylic acids is 2. The van der Waals surface area contributed by atoms with E-state index in [9.17, 15) is 9.59 Å². The van der Waals surface area contributed by atoms with Gasteiger partial charge in [0, 0.05) is 30.2 Å². The van der Waals surface area contributed by atoms with Crippen molar-refractivity contribution in [3.63, 3.8) is 0 Å². The minimum Gasteiger partial charge on any atom is -0.334 e. The Morgan fingerprint density at radius 2 is 1.79 bits per heavy atom. The van der Waals surface area contributed by atoms with E-state index in [4.69, 9.17) is 5.10 Å². The van der Waals surface area contributed by atoms with Gasteiger partial charge in [0.15, 0.2) is 0 Å². The van der Waals surface area contributed by atoms with E-state index in [1.165, 1.54) is 0 Å². The highest BCUT2D eigenvalue weighted by Crippen LogP contribution is 2.36. The highest BCUT2D eigenvalue weighted by Gasteiger charge is 2.31. The molecule has 0 aliphatic carbocycles. The number of amides is 2. The number of aryl methyl sites for hydroxylation is 1. The molecule has 0 spiro atoms. The Morgan fingerprint density at radius 3 is 2.46 bits per heavy atom. The Labute approximate surface area is 169 Å². The number of nitrogens with zero attached hydrogens (tertiary/aromatic N) is 3. The molecule has 1 aromatic carbocycles. The average molecular weight is 399 g/mol. The number of rotatable bonds is 2. The molecule has 2 aliphatic rings. The number of anilines is 1. The molecule has 0 unspecified atom stereocenters. The van der Waals surface area contributed by atoms with Crippen LogP contribution in [0.5, 0.6) is 0 Å². The summed E-state index contributed by atoms with van der Waals surface area (Å²) in [6, 6.07) is 8.00. The van der Waals surface area contributed by atoms with Crippen LogP contribution in [0.15, 0.2) is 24.3 Å². The van der Waals surface area contributed by atoms with Gasteiger partial charge in [-0.05, 0) is 37.3 Å². The summed E-state index contributed by atoms with van der Waals surface area (Å²) in [7, 11) is 0. The minimum atomic E-state index is -0.575. The maximum atomic E-state index is 12.8. The smallest absolute Gasteiger partial charge is 0.315 e. The van der Waals surface area contributed by atoms with Crippen molar-refractivity contribution in [3.05, 3.63) is 41.1 Å². The molecule has 7 heteroatoms. The SMILES string of the molecule is Cc1ccc(-n2nc3c(c2NC(=O)C(=O)N2C[C@H](C)C[C@H](C)C2)CSC3)cc1. The summed E-state index contributed by atoms with van der Waals surface area (Å²) in [5.41, 5.74) is 4.04. The summed E-state index contributed by atoms with van der Waals surface area (Å²) in [5, 5.41) is 7.58. The van der Waals surface area contributed by atoms with Gasteiger partial charge in [-0.3, -0.25) is 9.59 Å². The topological polar surface area (TPSA) is 67.2 Å². The van der Waals surface area contributed by atoms with Gasteiger partial charge in [0.1, 0.15) is 5.82 Å². The lowest BCUT2D eigenvalue weighted by Gasteiger charge is -2.34. The van der Waals surface area contributed by atoms with Gasteiger partial charge in [-0.15, -0.1) is 0 Å². The van der Waals surface area contributed by atoms with Crippen LogP contribution in [0.1, 0.15) is 37.1 Å². The normalized spacial score (nSPS) is 21.5. The van der Waals surface area contributed by atoms with Crippen LogP contribution >= 0.6 is 11.8 Å². The van der Waals surface area contributed by atoms with Crippen LogP contribution in [0.3, 0.4) is 0 Å². The van der Waals surface area contributed by atoms with Crippen LogP contribution in [0.25, 0.3) is 5.69 Å². The zero-order chi connectivity index (χ0) is 19.8. The molecule has 1 aromatic heterocycles. The van der Waals surface area contributed by atoms with E-state index >= 15 is 0 Å². The van der Waals surface area contributed by atoms with E-state index in [2.05, 4.69) is 19.2 Å². The lowest BCUT2D eigenvalue weighted by molar-refractivity contribution is -0.145. The molecule has 0 radical (unpaired) electrons. The van der Waals surface area contributed by atoms with Gasteiger partial charge in [0.05, 0.1) is 11.4 Å². The highest BCUT2D eigenvalue weighted by atomic mass is 32.2. The van der Waals surface area contributed by atoms with Crippen molar-refractivity contribution in [1.29, 1.82) is 0 Å². The van der Waals surface area contributed by atoms with E-state index in [-0.39, 0.29) is 0 Å². The van der Waals surface area contributed by atoms with Crippen LogP contribution in [-0.2, 0) is 21.1 Å². The van der Waals surface area contributed by atoms with Gasteiger partial charge in [-0.1, -0.05) is 31.5 Å². The Balaban J connectivity index is 1.59. The number of aromatic nitrogens is 2.